The fourth-order valence-electron chi connectivity index (χ4n) is 1.77. The van der Waals surface area contributed by atoms with Gasteiger partial charge < -0.3 is 19.5 Å². The highest BCUT2D eigenvalue weighted by atomic mass is 79.9. The van der Waals surface area contributed by atoms with Crippen molar-refractivity contribution in [3.63, 3.8) is 0 Å². The standard InChI is InChI=1S/C14H20BrNO4/c1-19-8-3-6-16(7-9-20-2)14(18)12-5-4-11(15)10-13(12)17/h4-5,10,17H,3,6-9H2,1-2H3. The largest absolute Gasteiger partial charge is 0.507 e. The van der Waals surface area contributed by atoms with Gasteiger partial charge in [-0.25, -0.2) is 0 Å². The normalized spacial score (nSPS) is 10.6. The number of rotatable bonds is 8. The summed E-state index contributed by atoms with van der Waals surface area (Å²) in [7, 11) is 3.22. The molecule has 0 aliphatic carbocycles. The van der Waals surface area contributed by atoms with Crippen LogP contribution in [0.1, 0.15) is 16.8 Å². The maximum atomic E-state index is 12.4. The molecule has 0 spiro atoms. The number of halogens is 1. The summed E-state index contributed by atoms with van der Waals surface area (Å²) in [6.45, 7) is 2.08. The molecule has 1 rings (SSSR count). The number of hydrogen-bond acceptors (Lipinski definition) is 4. The molecule has 1 aromatic carbocycles. The Morgan fingerprint density at radius 3 is 2.55 bits per heavy atom. The van der Waals surface area contributed by atoms with Crippen molar-refractivity contribution in [1.82, 2.24) is 4.90 Å². The fraction of sp³-hybridized carbons (Fsp3) is 0.500. The first-order valence-corrected chi connectivity index (χ1v) is 7.15. The van der Waals surface area contributed by atoms with Crippen molar-refractivity contribution in [2.24, 2.45) is 0 Å². The molecule has 5 nitrogen and oxygen atoms in total. The summed E-state index contributed by atoms with van der Waals surface area (Å²) < 4.78 is 10.7. The zero-order valence-electron chi connectivity index (χ0n) is 11.8. The number of benzene rings is 1. The summed E-state index contributed by atoms with van der Waals surface area (Å²) >= 11 is 3.25. The minimum atomic E-state index is -0.205. The van der Waals surface area contributed by atoms with Crippen LogP contribution in [0.3, 0.4) is 0 Å². The first kappa shape index (κ1) is 16.9. The smallest absolute Gasteiger partial charge is 0.257 e. The van der Waals surface area contributed by atoms with Gasteiger partial charge in [0.25, 0.3) is 5.91 Å². The van der Waals surface area contributed by atoms with Gasteiger partial charge in [-0.15, -0.1) is 0 Å². The minimum Gasteiger partial charge on any atom is -0.507 e. The maximum Gasteiger partial charge on any atom is 0.257 e. The predicted octanol–water partition coefficient (Wildman–Crippen LogP) is 2.28. The van der Waals surface area contributed by atoms with Crippen LogP contribution in [0.15, 0.2) is 22.7 Å². The van der Waals surface area contributed by atoms with Gasteiger partial charge in [0.1, 0.15) is 5.75 Å². The number of aromatic hydroxyl groups is 1. The molecule has 0 aliphatic heterocycles. The van der Waals surface area contributed by atoms with Gasteiger partial charge in [-0.05, 0) is 24.6 Å². The Balaban J connectivity index is 2.79. The molecule has 0 aliphatic rings. The topological polar surface area (TPSA) is 59.0 Å². The molecule has 0 fully saturated rings. The molecular formula is C14H20BrNO4. The van der Waals surface area contributed by atoms with Gasteiger partial charge in [0, 0.05) is 38.4 Å². The molecule has 0 unspecified atom stereocenters. The Labute approximate surface area is 127 Å². The van der Waals surface area contributed by atoms with Gasteiger partial charge in [0.2, 0.25) is 0 Å². The molecule has 0 saturated carbocycles. The Kier molecular flexibility index (Phi) is 7.58. The third-order valence-electron chi connectivity index (χ3n) is 2.82. The summed E-state index contributed by atoms with van der Waals surface area (Å²) in [5.74, 6) is -0.235. The number of phenols is 1. The molecule has 0 radical (unpaired) electrons. The van der Waals surface area contributed by atoms with Crippen molar-refractivity contribution >= 4 is 21.8 Å². The number of methoxy groups -OCH3 is 2. The number of carbonyl (C=O) groups excluding carboxylic acids is 1. The highest BCUT2D eigenvalue weighted by molar-refractivity contribution is 9.10. The third-order valence-corrected chi connectivity index (χ3v) is 3.31. The first-order valence-electron chi connectivity index (χ1n) is 6.35. The molecule has 0 atom stereocenters. The molecule has 112 valence electrons. The highest BCUT2D eigenvalue weighted by Crippen LogP contribution is 2.23. The summed E-state index contributed by atoms with van der Waals surface area (Å²) in [4.78, 5) is 14.1. The SMILES string of the molecule is COCCCN(CCOC)C(=O)c1ccc(Br)cc1O. The van der Waals surface area contributed by atoms with Crippen LogP contribution in [-0.2, 0) is 9.47 Å². The molecule has 1 amide bonds. The Bertz CT molecular complexity index is 439. The van der Waals surface area contributed by atoms with Crippen molar-refractivity contribution in [3.05, 3.63) is 28.2 Å². The van der Waals surface area contributed by atoms with Crippen LogP contribution in [0.25, 0.3) is 0 Å². The zero-order chi connectivity index (χ0) is 15.0. The zero-order valence-corrected chi connectivity index (χ0v) is 13.4. The summed E-state index contributed by atoms with van der Waals surface area (Å²) in [5, 5.41) is 9.87. The van der Waals surface area contributed by atoms with E-state index in [-0.39, 0.29) is 11.7 Å². The molecular weight excluding hydrogens is 326 g/mol. The number of phenolic OH excluding ortho intramolecular Hbond substituents is 1. The fourth-order valence-corrected chi connectivity index (χ4v) is 2.12. The molecule has 0 heterocycles. The van der Waals surface area contributed by atoms with Crippen molar-refractivity contribution in [1.29, 1.82) is 0 Å². The van der Waals surface area contributed by atoms with E-state index in [1.807, 2.05) is 0 Å². The van der Waals surface area contributed by atoms with E-state index in [9.17, 15) is 9.90 Å². The molecule has 6 heteroatoms. The number of amides is 1. The van der Waals surface area contributed by atoms with Crippen LogP contribution in [0.4, 0.5) is 0 Å². The van der Waals surface area contributed by atoms with E-state index < -0.39 is 0 Å². The average Bonchev–Trinajstić information content (AvgIpc) is 2.42. The first-order chi connectivity index (χ1) is 9.60. The van der Waals surface area contributed by atoms with E-state index in [0.717, 1.165) is 10.9 Å². The van der Waals surface area contributed by atoms with Crippen LogP contribution in [0.2, 0.25) is 0 Å². The van der Waals surface area contributed by atoms with Gasteiger partial charge in [0.05, 0.1) is 12.2 Å². The van der Waals surface area contributed by atoms with Gasteiger partial charge in [-0.3, -0.25) is 4.79 Å². The number of carbonyl (C=O) groups is 1. The highest BCUT2D eigenvalue weighted by Gasteiger charge is 2.18. The summed E-state index contributed by atoms with van der Waals surface area (Å²) in [5.41, 5.74) is 0.293. The van der Waals surface area contributed by atoms with Gasteiger partial charge in [-0.1, -0.05) is 15.9 Å². The summed E-state index contributed by atoms with van der Waals surface area (Å²) in [6.07, 6.45) is 0.739. The van der Waals surface area contributed by atoms with Crippen LogP contribution in [0, 0.1) is 0 Å². The monoisotopic (exact) mass is 345 g/mol. The maximum absolute atomic E-state index is 12.4. The number of hydrogen-bond donors (Lipinski definition) is 1. The Morgan fingerprint density at radius 1 is 1.25 bits per heavy atom. The van der Waals surface area contributed by atoms with Crippen LogP contribution >= 0.6 is 15.9 Å². The van der Waals surface area contributed by atoms with E-state index in [2.05, 4.69) is 15.9 Å². The number of nitrogens with zero attached hydrogens (tertiary/aromatic N) is 1. The summed E-state index contributed by atoms with van der Waals surface area (Å²) in [6, 6.07) is 4.85. The van der Waals surface area contributed by atoms with Crippen molar-refractivity contribution in [2.75, 3.05) is 40.5 Å². The Hall–Kier alpha value is -1.11. The quantitative estimate of drug-likeness (QED) is 0.734. The lowest BCUT2D eigenvalue weighted by Gasteiger charge is -2.22. The molecule has 20 heavy (non-hydrogen) atoms. The van der Waals surface area contributed by atoms with E-state index in [1.54, 1.807) is 31.3 Å². The van der Waals surface area contributed by atoms with Gasteiger partial charge >= 0.3 is 0 Å². The van der Waals surface area contributed by atoms with E-state index >= 15 is 0 Å². The third kappa shape index (κ3) is 5.11. The van der Waals surface area contributed by atoms with Crippen LogP contribution < -0.4 is 0 Å². The lowest BCUT2D eigenvalue weighted by Crippen LogP contribution is -2.35. The second-order valence-corrected chi connectivity index (χ2v) is 5.21. The molecule has 1 aromatic rings. The van der Waals surface area contributed by atoms with Crippen molar-refractivity contribution < 1.29 is 19.4 Å². The molecule has 1 N–H and O–H groups in total. The van der Waals surface area contributed by atoms with E-state index in [4.69, 9.17) is 9.47 Å². The molecule has 0 aromatic heterocycles. The lowest BCUT2D eigenvalue weighted by molar-refractivity contribution is 0.0671. The van der Waals surface area contributed by atoms with Crippen molar-refractivity contribution in [2.45, 2.75) is 6.42 Å². The van der Waals surface area contributed by atoms with Crippen molar-refractivity contribution in [3.8, 4) is 5.75 Å². The number of ether oxygens (including phenoxy) is 2. The van der Waals surface area contributed by atoms with E-state index in [0.29, 0.717) is 31.9 Å². The second-order valence-electron chi connectivity index (χ2n) is 4.29. The minimum absolute atomic E-state index is 0.0291. The second kappa shape index (κ2) is 8.94. The molecule has 0 bridgehead atoms. The van der Waals surface area contributed by atoms with Gasteiger partial charge in [-0.2, -0.15) is 0 Å². The predicted molar refractivity (Wildman–Crippen MR) is 80.1 cm³/mol. The van der Waals surface area contributed by atoms with E-state index in [1.165, 1.54) is 6.07 Å². The lowest BCUT2D eigenvalue weighted by atomic mass is 10.1. The van der Waals surface area contributed by atoms with Gasteiger partial charge in [0.15, 0.2) is 0 Å². The average molecular weight is 346 g/mol. The van der Waals surface area contributed by atoms with Crippen LogP contribution in [-0.4, -0.2) is 56.4 Å². The van der Waals surface area contributed by atoms with Crippen LogP contribution in [0.5, 0.6) is 5.75 Å². The molecule has 0 saturated heterocycles. The Morgan fingerprint density at radius 2 is 1.95 bits per heavy atom.